The van der Waals surface area contributed by atoms with Gasteiger partial charge in [0.15, 0.2) is 0 Å². The molecule has 5 rings (SSSR count). The van der Waals surface area contributed by atoms with Gasteiger partial charge in [-0.05, 0) is 42.2 Å². The number of carbonyl (C=O) groups is 2. The first kappa shape index (κ1) is 21.9. The van der Waals surface area contributed by atoms with Gasteiger partial charge in [-0.15, -0.1) is 0 Å². The van der Waals surface area contributed by atoms with Crippen LogP contribution in [-0.4, -0.2) is 53.0 Å². The van der Waals surface area contributed by atoms with E-state index in [2.05, 4.69) is 6.08 Å². The molecule has 2 fully saturated rings. The van der Waals surface area contributed by atoms with Crippen molar-refractivity contribution in [3.05, 3.63) is 53.7 Å². The van der Waals surface area contributed by atoms with Crippen LogP contribution in [-0.2, 0) is 19.6 Å². The molecule has 1 aliphatic heterocycles. The average molecular weight is 474 g/mol. The first-order valence-electron chi connectivity index (χ1n) is 11.2. The lowest BCUT2D eigenvalue weighted by Gasteiger charge is -2.49. The van der Waals surface area contributed by atoms with Gasteiger partial charge in [0.05, 0.1) is 24.3 Å². The zero-order chi connectivity index (χ0) is 22.6. The second kappa shape index (κ2) is 8.15. The summed E-state index contributed by atoms with van der Waals surface area (Å²) in [5.74, 6) is -2.92. The molecule has 32 heavy (non-hydrogen) atoms. The number of rotatable bonds is 4. The molecule has 1 aromatic carbocycles. The van der Waals surface area contributed by atoms with Crippen LogP contribution in [0.3, 0.4) is 0 Å². The van der Waals surface area contributed by atoms with E-state index in [0.29, 0.717) is 12.0 Å². The number of aliphatic hydroxyl groups is 1. The molecule has 3 aliphatic carbocycles. The summed E-state index contributed by atoms with van der Waals surface area (Å²) in [5.41, 5.74) is 2.45. The third-order valence-electron chi connectivity index (χ3n) is 7.61. The lowest BCUT2D eigenvalue weighted by Crippen LogP contribution is -2.58. The Morgan fingerprint density at radius 2 is 1.84 bits per heavy atom. The van der Waals surface area contributed by atoms with Gasteiger partial charge in [-0.2, -0.15) is 12.6 Å². The molecule has 0 spiro atoms. The van der Waals surface area contributed by atoms with Crippen molar-refractivity contribution in [3.63, 3.8) is 0 Å². The van der Waals surface area contributed by atoms with Crippen molar-refractivity contribution < 1.29 is 23.1 Å². The van der Waals surface area contributed by atoms with Crippen LogP contribution in [0.25, 0.3) is 5.57 Å². The number of sulfonamides is 1. The van der Waals surface area contributed by atoms with Crippen molar-refractivity contribution in [2.45, 2.75) is 37.0 Å². The summed E-state index contributed by atoms with van der Waals surface area (Å²) in [6, 6.07) is 8.54. The monoisotopic (exact) mass is 473 g/mol. The number of hydrogen-bond acceptors (Lipinski definition) is 6. The van der Waals surface area contributed by atoms with Gasteiger partial charge in [-0.25, -0.2) is 8.42 Å². The molecule has 6 unspecified atom stereocenters. The van der Waals surface area contributed by atoms with Gasteiger partial charge < -0.3 is 5.11 Å². The topological polar surface area (TPSA) is 91.8 Å². The quantitative estimate of drug-likeness (QED) is 0.398. The third kappa shape index (κ3) is 3.30. The van der Waals surface area contributed by atoms with Crippen LogP contribution in [0.2, 0.25) is 0 Å². The standard InChI is InChI=1S/C24H27NO5S2/c26-11-12-32(29,30)25-13-18(14-5-2-1-3-6-14)21-22(25)17-10-9-15-16(7-4-8-19(15)31)20(17)23(27)24(21)28/h1-3,5-6,9,13,16-17,19-22,26,31H,4,7-8,10-12H2. The highest BCUT2D eigenvalue weighted by Gasteiger charge is 2.60. The molecule has 0 saturated heterocycles. The summed E-state index contributed by atoms with van der Waals surface area (Å²) in [7, 11) is -3.85. The van der Waals surface area contributed by atoms with Crippen LogP contribution in [0.1, 0.15) is 31.2 Å². The van der Waals surface area contributed by atoms with Crippen molar-refractivity contribution in [1.82, 2.24) is 4.31 Å². The van der Waals surface area contributed by atoms with Gasteiger partial charge in [0.2, 0.25) is 21.6 Å². The molecule has 0 aromatic heterocycles. The van der Waals surface area contributed by atoms with Gasteiger partial charge in [-0.1, -0.05) is 48.4 Å². The number of nitrogens with zero attached hydrogens (tertiary/aromatic N) is 1. The lowest BCUT2D eigenvalue weighted by atomic mass is 9.57. The number of Topliss-reactive ketones (excluding diaryl/α,β-unsaturated/α-hetero) is 2. The van der Waals surface area contributed by atoms with Gasteiger partial charge in [0, 0.05) is 17.4 Å². The Kier molecular flexibility index (Phi) is 5.58. The fraction of sp³-hybridized carbons (Fsp3) is 0.500. The molecule has 0 amide bonds. The summed E-state index contributed by atoms with van der Waals surface area (Å²) in [4.78, 5) is 27.0. The van der Waals surface area contributed by atoms with Crippen LogP contribution < -0.4 is 0 Å². The van der Waals surface area contributed by atoms with E-state index in [1.807, 2.05) is 30.3 Å². The maximum Gasteiger partial charge on any atom is 0.237 e. The Hall–Kier alpha value is -1.90. The summed E-state index contributed by atoms with van der Waals surface area (Å²) in [6.07, 6.45) is 6.94. The third-order valence-corrected chi connectivity index (χ3v) is 9.85. The molecular weight excluding hydrogens is 446 g/mol. The fourth-order valence-corrected chi connectivity index (χ4v) is 8.13. The maximum atomic E-state index is 13.5. The molecule has 2 saturated carbocycles. The van der Waals surface area contributed by atoms with Crippen molar-refractivity contribution in [2.75, 3.05) is 12.4 Å². The Balaban J connectivity index is 1.64. The molecule has 0 bridgehead atoms. The Morgan fingerprint density at radius 3 is 2.56 bits per heavy atom. The molecule has 6 atom stereocenters. The lowest BCUT2D eigenvalue weighted by molar-refractivity contribution is -0.148. The van der Waals surface area contributed by atoms with Crippen LogP contribution >= 0.6 is 12.6 Å². The van der Waals surface area contributed by atoms with Crippen LogP contribution in [0.5, 0.6) is 0 Å². The van der Waals surface area contributed by atoms with Gasteiger partial charge in [0.25, 0.3) is 0 Å². The molecule has 0 radical (unpaired) electrons. The largest absolute Gasteiger partial charge is 0.395 e. The van der Waals surface area contributed by atoms with Crippen molar-refractivity contribution in [1.29, 1.82) is 0 Å². The molecule has 170 valence electrons. The molecule has 4 aliphatic rings. The number of carbonyl (C=O) groups excluding carboxylic acids is 2. The summed E-state index contributed by atoms with van der Waals surface area (Å²) in [6.45, 7) is -0.500. The molecule has 1 N–H and O–H groups in total. The van der Waals surface area contributed by atoms with E-state index in [1.54, 1.807) is 0 Å². The minimum atomic E-state index is -3.85. The fourth-order valence-electron chi connectivity index (χ4n) is 6.29. The predicted octanol–water partition coefficient (Wildman–Crippen LogP) is 2.46. The minimum Gasteiger partial charge on any atom is -0.395 e. The number of benzene rings is 1. The Labute approximate surface area is 193 Å². The van der Waals surface area contributed by atoms with Crippen LogP contribution in [0.15, 0.2) is 48.2 Å². The number of thiol groups is 1. The number of hydrogen-bond donors (Lipinski definition) is 2. The van der Waals surface area contributed by atoms with E-state index in [4.69, 9.17) is 12.6 Å². The summed E-state index contributed by atoms with van der Waals surface area (Å²) < 4.78 is 27.6. The van der Waals surface area contributed by atoms with Gasteiger partial charge in [-0.3, -0.25) is 13.9 Å². The maximum absolute atomic E-state index is 13.5. The van der Waals surface area contributed by atoms with Gasteiger partial charge in [0.1, 0.15) is 0 Å². The van der Waals surface area contributed by atoms with E-state index in [1.165, 1.54) is 10.5 Å². The van der Waals surface area contributed by atoms with Crippen molar-refractivity contribution in [3.8, 4) is 0 Å². The van der Waals surface area contributed by atoms with E-state index < -0.39 is 46.0 Å². The van der Waals surface area contributed by atoms with E-state index in [0.717, 1.165) is 30.4 Å². The first-order chi connectivity index (χ1) is 15.3. The van der Waals surface area contributed by atoms with Crippen LogP contribution in [0.4, 0.5) is 0 Å². The SMILES string of the molecule is O=C1C(=O)C2C3CCCC(S)C3=CCC2C2C1C(c1ccccc1)=CN2S(=O)(=O)CCO. The van der Waals surface area contributed by atoms with E-state index >= 15 is 0 Å². The minimum absolute atomic E-state index is 0.0504. The first-order valence-corrected chi connectivity index (χ1v) is 13.3. The number of aliphatic hydroxyl groups excluding tert-OH is 1. The van der Waals surface area contributed by atoms with Crippen LogP contribution in [0, 0.1) is 23.7 Å². The highest BCUT2D eigenvalue weighted by atomic mass is 32.2. The number of ketones is 2. The molecule has 1 heterocycles. The highest BCUT2D eigenvalue weighted by molar-refractivity contribution is 7.89. The second-order valence-corrected chi connectivity index (χ2v) is 11.8. The number of fused-ring (bicyclic) bond motifs is 5. The second-order valence-electron chi connectivity index (χ2n) is 9.20. The normalized spacial score (nSPS) is 34.4. The molecule has 8 heteroatoms. The van der Waals surface area contributed by atoms with E-state index in [9.17, 15) is 23.1 Å². The van der Waals surface area contributed by atoms with E-state index in [-0.39, 0.29) is 22.9 Å². The average Bonchev–Trinajstić information content (AvgIpc) is 3.20. The Morgan fingerprint density at radius 1 is 1.09 bits per heavy atom. The zero-order valence-electron chi connectivity index (χ0n) is 17.6. The van der Waals surface area contributed by atoms with Gasteiger partial charge >= 0.3 is 0 Å². The molecular formula is C24H27NO5S2. The smallest absolute Gasteiger partial charge is 0.237 e. The number of allylic oxidation sites excluding steroid dienone is 1. The molecule has 6 nitrogen and oxygen atoms in total. The van der Waals surface area contributed by atoms with Crippen molar-refractivity contribution >= 4 is 39.8 Å². The molecule has 1 aromatic rings. The highest BCUT2D eigenvalue weighted by Crippen LogP contribution is 2.54. The summed E-state index contributed by atoms with van der Waals surface area (Å²) >= 11 is 4.71. The predicted molar refractivity (Wildman–Crippen MR) is 124 cm³/mol. The summed E-state index contributed by atoms with van der Waals surface area (Å²) in [5, 5.41) is 9.47. The van der Waals surface area contributed by atoms with Crippen molar-refractivity contribution in [2.24, 2.45) is 23.7 Å². The zero-order valence-corrected chi connectivity index (χ0v) is 19.3. The Bertz CT molecular complexity index is 1110.